The zero-order chi connectivity index (χ0) is 17.3. The zero-order valence-corrected chi connectivity index (χ0v) is 15.3. The van der Waals surface area contributed by atoms with E-state index in [1.54, 1.807) is 0 Å². The molecule has 0 bridgehead atoms. The van der Waals surface area contributed by atoms with Crippen LogP contribution in [0.2, 0.25) is 0 Å². The van der Waals surface area contributed by atoms with E-state index in [-0.39, 0.29) is 41.8 Å². The van der Waals surface area contributed by atoms with E-state index in [4.69, 9.17) is 4.74 Å². The van der Waals surface area contributed by atoms with E-state index in [1.807, 2.05) is 0 Å². The first-order chi connectivity index (χ1) is 12.1. The molecular weight excluding hydrogens is 312 g/mol. The Kier molecular flexibility index (Phi) is 3.61. The predicted octanol–water partition coefficient (Wildman–Crippen LogP) is 4.02. The number of rotatable bonds is 0. The molecule has 0 radical (unpaired) electrons. The summed E-state index contributed by atoms with van der Waals surface area (Å²) in [5.41, 5.74) is 3.22. The molecule has 5 rings (SSSR count). The number of fused-ring (bicyclic) bond motifs is 5. The molecule has 3 nitrogen and oxygen atoms in total. The van der Waals surface area contributed by atoms with Crippen LogP contribution in [-0.2, 0) is 14.3 Å². The largest absolute Gasteiger partial charge is 0.369 e. The zero-order valence-electron chi connectivity index (χ0n) is 15.3. The fourth-order valence-corrected chi connectivity index (χ4v) is 6.26. The fraction of sp³-hybridized carbons (Fsp3) is 0.727. The first-order valence-electron chi connectivity index (χ1n) is 10.3. The Hall–Kier alpha value is -1.22. The van der Waals surface area contributed by atoms with Crippen molar-refractivity contribution >= 4 is 11.6 Å². The number of carbonyl (C=O) groups is 2. The van der Waals surface area contributed by atoms with Crippen LogP contribution in [0.15, 0.2) is 22.8 Å². The molecule has 7 unspecified atom stereocenters. The Bertz CT molecular complexity index is 700. The molecule has 4 aliphatic carbocycles. The molecule has 0 aromatic heterocycles. The van der Waals surface area contributed by atoms with Gasteiger partial charge < -0.3 is 4.74 Å². The third kappa shape index (κ3) is 2.08. The summed E-state index contributed by atoms with van der Waals surface area (Å²) in [6.45, 7) is 4.38. The van der Waals surface area contributed by atoms with Gasteiger partial charge in [0.15, 0.2) is 5.78 Å². The van der Waals surface area contributed by atoms with Gasteiger partial charge in [-0.15, -0.1) is 0 Å². The minimum Gasteiger partial charge on any atom is -0.369 e. The molecule has 3 heteroatoms. The maximum Gasteiger partial charge on any atom is 0.167 e. The molecule has 2 saturated carbocycles. The average molecular weight is 340 g/mol. The van der Waals surface area contributed by atoms with Crippen molar-refractivity contribution in [2.75, 3.05) is 0 Å². The van der Waals surface area contributed by atoms with Crippen molar-refractivity contribution in [1.82, 2.24) is 0 Å². The molecule has 0 aromatic rings. The number of hydrogen-bond acceptors (Lipinski definition) is 3. The summed E-state index contributed by atoms with van der Waals surface area (Å²) in [7, 11) is 0. The molecule has 0 N–H and O–H groups in total. The minimum absolute atomic E-state index is 0.0344. The number of allylic oxidation sites excluding steroid dienone is 3. The summed E-state index contributed by atoms with van der Waals surface area (Å²) in [6, 6.07) is 0. The lowest BCUT2D eigenvalue weighted by atomic mass is 9.64. The predicted molar refractivity (Wildman–Crippen MR) is 94.9 cm³/mol. The van der Waals surface area contributed by atoms with Gasteiger partial charge in [0.1, 0.15) is 5.78 Å². The van der Waals surface area contributed by atoms with Crippen molar-refractivity contribution in [1.29, 1.82) is 0 Å². The highest BCUT2D eigenvalue weighted by Crippen LogP contribution is 2.55. The van der Waals surface area contributed by atoms with Crippen LogP contribution in [0.3, 0.4) is 0 Å². The number of carbonyl (C=O) groups excluding carboxylic acids is 2. The standard InChI is InChI=1S/C22H28O3/c1-11-12(2)22-19(21(24)15-9-5-6-10-16(15)25-22)18-13-7-3-4-8-14(13)20(23)17(11)18/h7,11-12,14-17,22H,3-6,8-10H2,1-2H3. The van der Waals surface area contributed by atoms with Gasteiger partial charge in [0.05, 0.1) is 12.2 Å². The molecule has 1 aliphatic heterocycles. The Morgan fingerprint density at radius 2 is 1.76 bits per heavy atom. The van der Waals surface area contributed by atoms with Crippen molar-refractivity contribution in [2.45, 2.75) is 71.0 Å². The highest BCUT2D eigenvalue weighted by atomic mass is 16.5. The van der Waals surface area contributed by atoms with Crippen molar-refractivity contribution in [3.63, 3.8) is 0 Å². The van der Waals surface area contributed by atoms with E-state index in [9.17, 15) is 9.59 Å². The van der Waals surface area contributed by atoms with Gasteiger partial charge >= 0.3 is 0 Å². The summed E-state index contributed by atoms with van der Waals surface area (Å²) in [4.78, 5) is 26.7. The number of ether oxygens (including phenoxy) is 1. The van der Waals surface area contributed by atoms with Crippen molar-refractivity contribution in [2.24, 2.45) is 29.6 Å². The summed E-state index contributed by atoms with van der Waals surface area (Å²) in [5, 5.41) is 0. The second-order valence-corrected chi connectivity index (χ2v) is 8.92. The topological polar surface area (TPSA) is 43.4 Å². The van der Waals surface area contributed by atoms with Crippen LogP contribution in [0.25, 0.3) is 0 Å². The van der Waals surface area contributed by atoms with Crippen LogP contribution in [0, 0.1) is 29.6 Å². The summed E-state index contributed by atoms with van der Waals surface area (Å²) >= 11 is 0. The Labute approximate surface area is 149 Å². The van der Waals surface area contributed by atoms with E-state index in [2.05, 4.69) is 19.9 Å². The van der Waals surface area contributed by atoms with Gasteiger partial charge in [-0.25, -0.2) is 0 Å². The first kappa shape index (κ1) is 16.0. The van der Waals surface area contributed by atoms with Crippen LogP contribution < -0.4 is 0 Å². The molecule has 3 fully saturated rings. The lowest BCUT2D eigenvalue weighted by Gasteiger charge is -2.47. The molecule has 0 aromatic carbocycles. The molecule has 25 heavy (non-hydrogen) atoms. The summed E-state index contributed by atoms with van der Waals surface area (Å²) in [5.74, 6) is 1.21. The molecule has 1 heterocycles. The van der Waals surface area contributed by atoms with Gasteiger partial charge in [0.25, 0.3) is 0 Å². The van der Waals surface area contributed by atoms with Gasteiger partial charge in [0, 0.05) is 23.3 Å². The van der Waals surface area contributed by atoms with Crippen molar-refractivity contribution in [3.8, 4) is 0 Å². The quantitative estimate of drug-likeness (QED) is 0.669. The molecule has 0 amide bonds. The molecule has 1 saturated heterocycles. The Morgan fingerprint density at radius 3 is 2.60 bits per heavy atom. The fourth-order valence-electron chi connectivity index (χ4n) is 6.26. The molecule has 0 spiro atoms. The lowest BCUT2D eigenvalue weighted by Crippen LogP contribution is -2.52. The second-order valence-electron chi connectivity index (χ2n) is 8.92. The lowest BCUT2D eigenvalue weighted by molar-refractivity contribution is -0.148. The second kappa shape index (κ2) is 5.64. The van der Waals surface area contributed by atoms with Gasteiger partial charge in [-0.05, 0) is 55.1 Å². The average Bonchev–Trinajstić information content (AvgIpc) is 2.93. The molecule has 5 aliphatic rings. The Balaban J connectivity index is 1.69. The third-order valence-electron chi connectivity index (χ3n) is 7.74. The maximum atomic E-state index is 13.5. The SMILES string of the molecule is CC1C2OC3CCCCC3C(=O)C2=C2C3=CCCCC3C(=O)C2C1C. The first-order valence-corrected chi connectivity index (χ1v) is 10.3. The monoisotopic (exact) mass is 340 g/mol. The third-order valence-corrected chi connectivity index (χ3v) is 7.74. The van der Waals surface area contributed by atoms with E-state index >= 15 is 0 Å². The minimum atomic E-state index is -0.0949. The normalized spacial score (nSPS) is 46.2. The molecule has 7 atom stereocenters. The van der Waals surface area contributed by atoms with Crippen LogP contribution in [0.1, 0.15) is 58.8 Å². The summed E-state index contributed by atoms with van der Waals surface area (Å²) < 4.78 is 6.55. The number of Topliss-reactive ketones (excluding diaryl/α,β-unsaturated/α-hetero) is 2. The van der Waals surface area contributed by atoms with E-state index < -0.39 is 0 Å². The Morgan fingerprint density at radius 1 is 0.960 bits per heavy atom. The van der Waals surface area contributed by atoms with Gasteiger partial charge in [-0.1, -0.05) is 32.8 Å². The van der Waals surface area contributed by atoms with Gasteiger partial charge in [0.2, 0.25) is 0 Å². The van der Waals surface area contributed by atoms with Gasteiger partial charge in [-0.2, -0.15) is 0 Å². The maximum absolute atomic E-state index is 13.5. The number of hydrogen-bond donors (Lipinski definition) is 0. The van der Waals surface area contributed by atoms with E-state index in [0.29, 0.717) is 11.6 Å². The number of ketones is 2. The van der Waals surface area contributed by atoms with Crippen molar-refractivity contribution < 1.29 is 14.3 Å². The van der Waals surface area contributed by atoms with E-state index in [1.165, 1.54) is 12.0 Å². The smallest absolute Gasteiger partial charge is 0.167 e. The van der Waals surface area contributed by atoms with Crippen LogP contribution in [0.5, 0.6) is 0 Å². The summed E-state index contributed by atoms with van der Waals surface area (Å²) in [6.07, 6.45) is 9.64. The van der Waals surface area contributed by atoms with Crippen molar-refractivity contribution in [3.05, 3.63) is 22.8 Å². The van der Waals surface area contributed by atoms with Crippen LogP contribution in [0.4, 0.5) is 0 Å². The highest BCUT2D eigenvalue weighted by Gasteiger charge is 2.56. The molecular formula is C22H28O3. The highest BCUT2D eigenvalue weighted by molar-refractivity contribution is 6.06. The van der Waals surface area contributed by atoms with Crippen LogP contribution >= 0.6 is 0 Å². The molecule has 134 valence electrons. The van der Waals surface area contributed by atoms with Crippen LogP contribution in [-0.4, -0.2) is 23.8 Å². The van der Waals surface area contributed by atoms with E-state index in [0.717, 1.165) is 49.7 Å². The van der Waals surface area contributed by atoms with Gasteiger partial charge in [-0.3, -0.25) is 9.59 Å².